The van der Waals surface area contributed by atoms with Gasteiger partial charge >= 0.3 is 12.1 Å². The molecule has 0 spiro atoms. The second-order valence-corrected chi connectivity index (χ2v) is 5.91. The number of carboxylic acid groups (broad SMARTS) is 1. The smallest absolute Gasteiger partial charge is 0.416 e. The van der Waals surface area contributed by atoms with Crippen LogP contribution in [0.3, 0.4) is 0 Å². The predicted octanol–water partition coefficient (Wildman–Crippen LogP) is 2.11. The third kappa shape index (κ3) is 3.84. The summed E-state index contributed by atoms with van der Waals surface area (Å²) in [5.74, 6) is -1.43. The van der Waals surface area contributed by atoms with Crippen molar-refractivity contribution in [2.45, 2.75) is 24.0 Å². The van der Waals surface area contributed by atoms with Crippen LogP contribution in [0.4, 0.5) is 13.2 Å². The highest BCUT2D eigenvalue weighted by Crippen LogP contribution is 2.33. The van der Waals surface area contributed by atoms with E-state index in [0.29, 0.717) is 18.2 Å². The van der Waals surface area contributed by atoms with Gasteiger partial charge in [0.25, 0.3) is 0 Å². The number of alkyl halides is 3. The lowest BCUT2D eigenvalue weighted by Crippen LogP contribution is -2.38. The van der Waals surface area contributed by atoms with Crippen molar-refractivity contribution in [3.8, 4) is 0 Å². The van der Waals surface area contributed by atoms with E-state index in [9.17, 15) is 26.4 Å². The standard InChI is InChI=1S/C10H9ClF3NO4S/c1-5(9(16)17)15-20(18,19)8-3-2-6(4-7(8)11)10(12,13)14/h2-5,15H,1H3,(H,16,17). The molecule has 1 unspecified atom stereocenters. The van der Waals surface area contributed by atoms with E-state index < -0.39 is 43.7 Å². The van der Waals surface area contributed by atoms with Crippen LogP contribution in [0, 0.1) is 0 Å². The summed E-state index contributed by atoms with van der Waals surface area (Å²) in [6.45, 7) is 1.07. The van der Waals surface area contributed by atoms with Crippen LogP contribution in [0.25, 0.3) is 0 Å². The number of carboxylic acids is 1. The molecule has 0 aliphatic heterocycles. The molecule has 0 radical (unpaired) electrons. The molecule has 5 nitrogen and oxygen atoms in total. The summed E-state index contributed by atoms with van der Waals surface area (Å²) < 4.78 is 62.6. The van der Waals surface area contributed by atoms with Gasteiger partial charge in [-0.1, -0.05) is 11.6 Å². The van der Waals surface area contributed by atoms with Crippen molar-refractivity contribution < 1.29 is 31.5 Å². The largest absolute Gasteiger partial charge is 0.480 e. The van der Waals surface area contributed by atoms with Gasteiger partial charge < -0.3 is 5.11 Å². The molecule has 112 valence electrons. The quantitative estimate of drug-likeness (QED) is 0.885. The van der Waals surface area contributed by atoms with Crippen LogP contribution in [-0.4, -0.2) is 25.5 Å². The molecular formula is C10H9ClF3NO4S. The van der Waals surface area contributed by atoms with Crippen LogP contribution < -0.4 is 4.72 Å². The molecule has 10 heteroatoms. The number of carbonyl (C=O) groups is 1. The molecular weight excluding hydrogens is 323 g/mol. The van der Waals surface area contributed by atoms with Gasteiger partial charge in [0.15, 0.2) is 0 Å². The van der Waals surface area contributed by atoms with Crippen LogP contribution in [-0.2, 0) is 21.0 Å². The average molecular weight is 332 g/mol. The first-order chi connectivity index (χ1) is 8.95. The van der Waals surface area contributed by atoms with E-state index in [1.165, 1.54) is 0 Å². The minimum absolute atomic E-state index is 0.460. The fourth-order valence-corrected chi connectivity index (χ4v) is 2.98. The van der Waals surface area contributed by atoms with Gasteiger partial charge in [-0.15, -0.1) is 0 Å². The fourth-order valence-electron chi connectivity index (χ4n) is 1.24. The molecule has 0 amide bonds. The lowest BCUT2D eigenvalue weighted by molar-refractivity contribution is -0.139. The van der Waals surface area contributed by atoms with Gasteiger partial charge in [-0.25, -0.2) is 8.42 Å². The summed E-state index contributed by atoms with van der Waals surface area (Å²) in [7, 11) is -4.33. The minimum Gasteiger partial charge on any atom is -0.480 e. The van der Waals surface area contributed by atoms with Crippen molar-refractivity contribution in [2.75, 3.05) is 0 Å². The van der Waals surface area contributed by atoms with E-state index in [2.05, 4.69) is 0 Å². The highest BCUT2D eigenvalue weighted by Gasteiger charge is 2.32. The number of hydrogen-bond acceptors (Lipinski definition) is 3. The van der Waals surface area contributed by atoms with Crippen molar-refractivity contribution in [3.05, 3.63) is 28.8 Å². The zero-order valence-corrected chi connectivity index (χ0v) is 11.5. The zero-order chi connectivity index (χ0) is 15.7. The molecule has 1 atom stereocenters. The maximum absolute atomic E-state index is 12.4. The van der Waals surface area contributed by atoms with Crippen molar-refractivity contribution in [2.24, 2.45) is 0 Å². The Morgan fingerprint density at radius 2 is 1.95 bits per heavy atom. The first kappa shape index (κ1) is 16.7. The van der Waals surface area contributed by atoms with Crippen LogP contribution in [0.5, 0.6) is 0 Å². The van der Waals surface area contributed by atoms with Gasteiger partial charge in [0.05, 0.1) is 10.6 Å². The van der Waals surface area contributed by atoms with Gasteiger partial charge in [-0.05, 0) is 25.1 Å². The van der Waals surface area contributed by atoms with Crippen LogP contribution in [0.15, 0.2) is 23.1 Å². The lowest BCUT2D eigenvalue weighted by Gasteiger charge is -2.13. The summed E-state index contributed by atoms with van der Waals surface area (Å²) in [6, 6.07) is 0.230. The monoisotopic (exact) mass is 331 g/mol. The third-order valence-corrected chi connectivity index (χ3v) is 4.27. The number of rotatable bonds is 4. The van der Waals surface area contributed by atoms with Gasteiger partial charge in [0, 0.05) is 0 Å². The third-order valence-electron chi connectivity index (χ3n) is 2.25. The SMILES string of the molecule is CC(NS(=O)(=O)c1ccc(C(F)(F)F)cc1Cl)C(=O)O. The summed E-state index contributed by atoms with van der Waals surface area (Å²) in [4.78, 5) is 9.95. The lowest BCUT2D eigenvalue weighted by atomic mass is 10.2. The minimum atomic E-state index is -4.66. The van der Waals surface area contributed by atoms with E-state index in [0.717, 1.165) is 6.92 Å². The zero-order valence-electron chi connectivity index (χ0n) is 9.90. The van der Waals surface area contributed by atoms with E-state index >= 15 is 0 Å². The Morgan fingerprint density at radius 3 is 2.35 bits per heavy atom. The number of nitrogens with one attached hydrogen (secondary N) is 1. The molecule has 0 heterocycles. The summed E-state index contributed by atoms with van der Waals surface area (Å²) in [6.07, 6.45) is -4.66. The Labute approximate surface area is 117 Å². The first-order valence-corrected chi connectivity index (χ1v) is 6.93. The van der Waals surface area contributed by atoms with E-state index in [4.69, 9.17) is 16.7 Å². The summed E-state index contributed by atoms with van der Waals surface area (Å²) >= 11 is 5.52. The molecule has 0 saturated carbocycles. The molecule has 0 aliphatic carbocycles. The van der Waals surface area contributed by atoms with Gasteiger partial charge in [-0.2, -0.15) is 17.9 Å². The molecule has 0 saturated heterocycles. The molecule has 0 aromatic heterocycles. The molecule has 1 rings (SSSR count). The maximum Gasteiger partial charge on any atom is 0.416 e. The van der Waals surface area contributed by atoms with Crippen molar-refractivity contribution in [1.29, 1.82) is 0 Å². The number of aliphatic carboxylic acids is 1. The van der Waals surface area contributed by atoms with E-state index in [1.807, 2.05) is 0 Å². The second-order valence-electron chi connectivity index (χ2n) is 3.82. The Kier molecular flexibility index (Phi) is 4.67. The second kappa shape index (κ2) is 5.58. The van der Waals surface area contributed by atoms with Crippen molar-refractivity contribution >= 4 is 27.6 Å². The number of benzene rings is 1. The highest BCUT2D eigenvalue weighted by atomic mass is 35.5. The van der Waals surface area contributed by atoms with E-state index in [-0.39, 0.29) is 0 Å². The predicted molar refractivity (Wildman–Crippen MR) is 63.9 cm³/mol. The average Bonchev–Trinajstić information content (AvgIpc) is 2.26. The van der Waals surface area contributed by atoms with Gasteiger partial charge in [-0.3, -0.25) is 4.79 Å². The number of hydrogen-bond donors (Lipinski definition) is 2. The van der Waals surface area contributed by atoms with Crippen molar-refractivity contribution in [1.82, 2.24) is 4.72 Å². The highest BCUT2D eigenvalue weighted by molar-refractivity contribution is 7.89. The summed E-state index contributed by atoms with van der Waals surface area (Å²) in [5, 5.41) is 7.96. The van der Waals surface area contributed by atoms with Crippen LogP contribution in [0.1, 0.15) is 12.5 Å². The first-order valence-electron chi connectivity index (χ1n) is 5.07. The molecule has 0 aliphatic rings. The molecule has 0 bridgehead atoms. The molecule has 1 aromatic rings. The Hall–Kier alpha value is -1.32. The van der Waals surface area contributed by atoms with Crippen molar-refractivity contribution in [3.63, 3.8) is 0 Å². The summed E-state index contributed by atoms with van der Waals surface area (Å²) in [5.41, 5.74) is -1.10. The van der Waals surface area contributed by atoms with Gasteiger partial charge in [0.1, 0.15) is 10.9 Å². The Balaban J connectivity index is 3.18. The molecule has 0 fully saturated rings. The van der Waals surface area contributed by atoms with Gasteiger partial charge in [0.2, 0.25) is 10.0 Å². The molecule has 1 aromatic carbocycles. The molecule has 2 N–H and O–H groups in total. The molecule has 20 heavy (non-hydrogen) atoms. The number of halogens is 4. The van der Waals surface area contributed by atoms with Crippen LogP contribution in [0.2, 0.25) is 5.02 Å². The maximum atomic E-state index is 12.4. The van der Waals surface area contributed by atoms with Crippen LogP contribution >= 0.6 is 11.6 Å². The Morgan fingerprint density at radius 1 is 1.40 bits per heavy atom. The topological polar surface area (TPSA) is 83.5 Å². The van der Waals surface area contributed by atoms with E-state index in [1.54, 1.807) is 4.72 Å². The normalized spacial score (nSPS) is 14.1. The number of sulfonamides is 1. The Bertz CT molecular complexity index is 630. The fraction of sp³-hybridized carbons (Fsp3) is 0.300.